The Labute approximate surface area is 173 Å². The van der Waals surface area contributed by atoms with E-state index in [1.165, 1.54) is 0 Å². The van der Waals surface area contributed by atoms with Gasteiger partial charge in [0.2, 0.25) is 5.95 Å². The quantitative estimate of drug-likeness (QED) is 0.605. The summed E-state index contributed by atoms with van der Waals surface area (Å²) in [4.78, 5) is 23.4. The lowest BCUT2D eigenvalue weighted by Gasteiger charge is -2.32. The number of β-amino-alcohol motifs (C(OH)–C–C–N with tert-alkyl or cyclic N) is 1. The number of carbonyl (C=O) groups is 1. The molecule has 1 unspecified atom stereocenters. The molecule has 2 aliphatic rings. The molecule has 1 fully saturated rings. The number of aromatic nitrogens is 2. The number of furan rings is 1. The second-order valence-electron chi connectivity index (χ2n) is 8.15. The predicted octanol–water partition coefficient (Wildman–Crippen LogP) is 3.04. The van der Waals surface area contributed by atoms with Gasteiger partial charge in [-0.25, -0.2) is 4.98 Å². The zero-order chi connectivity index (χ0) is 20.9. The summed E-state index contributed by atoms with van der Waals surface area (Å²) in [6.45, 7) is 4.75. The average molecular weight is 409 g/mol. The lowest BCUT2D eigenvalue weighted by atomic mass is 10.1. The minimum Gasteiger partial charge on any atom is -0.476 e. The van der Waals surface area contributed by atoms with Gasteiger partial charge in [0, 0.05) is 24.8 Å². The Morgan fingerprint density at radius 1 is 1.30 bits per heavy atom. The molecule has 0 aliphatic carbocycles. The first kappa shape index (κ1) is 18.7. The van der Waals surface area contributed by atoms with E-state index in [4.69, 9.17) is 9.15 Å². The summed E-state index contributed by atoms with van der Waals surface area (Å²) in [5.74, 6) is 1.47. The van der Waals surface area contributed by atoms with E-state index in [1.54, 1.807) is 38.3 Å². The van der Waals surface area contributed by atoms with E-state index in [0.29, 0.717) is 46.5 Å². The molecule has 156 valence electrons. The molecule has 2 aromatic heterocycles. The van der Waals surface area contributed by atoms with Crippen LogP contribution in [0.1, 0.15) is 26.7 Å². The highest BCUT2D eigenvalue weighted by Gasteiger charge is 2.35. The maximum absolute atomic E-state index is 12.2. The van der Waals surface area contributed by atoms with Gasteiger partial charge in [0.1, 0.15) is 11.3 Å². The largest absolute Gasteiger partial charge is 0.476 e. The van der Waals surface area contributed by atoms with Crippen LogP contribution in [0.2, 0.25) is 0 Å². The van der Waals surface area contributed by atoms with Gasteiger partial charge in [-0.05, 0) is 44.9 Å². The zero-order valence-electron chi connectivity index (χ0n) is 16.8. The van der Waals surface area contributed by atoms with E-state index in [0.717, 1.165) is 19.4 Å². The number of anilines is 4. The topological polar surface area (TPSA) is 113 Å². The second-order valence-corrected chi connectivity index (χ2v) is 8.15. The molecule has 2 aliphatic heterocycles. The number of amides is 1. The molecule has 0 saturated carbocycles. The Hall–Kier alpha value is -3.33. The van der Waals surface area contributed by atoms with Gasteiger partial charge in [-0.2, -0.15) is 4.98 Å². The standard InChI is InChI=1S/C21H23N5O4/c1-21(2)19(28)23-15-10-12(5-6-16(15)30-21)22-20-24-14-7-9-29-17(14)18(25-20)26-8-3-4-13(27)11-26/h5-7,9-10,13,27H,3-4,8,11H2,1-2H3,(H,23,28)(H,22,24,25). The van der Waals surface area contributed by atoms with Gasteiger partial charge in [0.25, 0.3) is 5.91 Å². The van der Waals surface area contributed by atoms with Gasteiger partial charge in [0.05, 0.1) is 18.1 Å². The fraction of sp³-hybridized carbons (Fsp3) is 0.381. The third kappa shape index (κ3) is 3.30. The number of hydrogen-bond donors (Lipinski definition) is 3. The van der Waals surface area contributed by atoms with Crippen LogP contribution in [-0.4, -0.2) is 45.8 Å². The minimum absolute atomic E-state index is 0.200. The second kappa shape index (κ2) is 6.88. The zero-order valence-corrected chi connectivity index (χ0v) is 16.8. The molecule has 0 bridgehead atoms. The van der Waals surface area contributed by atoms with Crippen molar-refractivity contribution in [3.8, 4) is 5.75 Å². The molecule has 9 nitrogen and oxygen atoms in total. The van der Waals surface area contributed by atoms with Crippen molar-refractivity contribution in [1.29, 1.82) is 0 Å². The normalized spacial score (nSPS) is 20.4. The third-order valence-electron chi connectivity index (χ3n) is 5.38. The molecule has 1 amide bonds. The molecule has 1 atom stereocenters. The molecule has 0 radical (unpaired) electrons. The highest BCUT2D eigenvalue weighted by atomic mass is 16.5. The van der Waals surface area contributed by atoms with E-state index < -0.39 is 5.60 Å². The van der Waals surface area contributed by atoms with Crippen LogP contribution in [0.25, 0.3) is 11.1 Å². The van der Waals surface area contributed by atoms with Crippen molar-refractivity contribution >= 4 is 40.1 Å². The number of nitrogens with zero attached hydrogens (tertiary/aromatic N) is 3. The molecule has 3 aromatic rings. The van der Waals surface area contributed by atoms with Gasteiger partial charge < -0.3 is 29.8 Å². The van der Waals surface area contributed by atoms with Gasteiger partial charge in [0.15, 0.2) is 17.0 Å². The number of rotatable bonds is 3. The van der Waals surface area contributed by atoms with Crippen molar-refractivity contribution in [2.75, 3.05) is 28.6 Å². The summed E-state index contributed by atoms with van der Waals surface area (Å²) in [5, 5.41) is 16.1. The van der Waals surface area contributed by atoms with E-state index in [2.05, 4.69) is 20.6 Å². The Morgan fingerprint density at radius 2 is 2.17 bits per heavy atom. The van der Waals surface area contributed by atoms with Crippen molar-refractivity contribution in [2.24, 2.45) is 0 Å². The molecule has 30 heavy (non-hydrogen) atoms. The first-order valence-electron chi connectivity index (χ1n) is 9.99. The molecular formula is C21H23N5O4. The van der Waals surface area contributed by atoms with Crippen molar-refractivity contribution < 1.29 is 19.1 Å². The van der Waals surface area contributed by atoms with Crippen LogP contribution in [0.15, 0.2) is 34.9 Å². The lowest BCUT2D eigenvalue weighted by molar-refractivity contribution is -0.129. The van der Waals surface area contributed by atoms with Crippen LogP contribution >= 0.6 is 0 Å². The van der Waals surface area contributed by atoms with Crippen molar-refractivity contribution in [3.05, 3.63) is 30.5 Å². The number of ether oxygens (including phenoxy) is 1. The molecule has 3 N–H and O–H groups in total. The van der Waals surface area contributed by atoms with Crippen LogP contribution in [0, 0.1) is 0 Å². The highest BCUT2D eigenvalue weighted by molar-refractivity contribution is 6.00. The first-order chi connectivity index (χ1) is 14.4. The van der Waals surface area contributed by atoms with E-state index >= 15 is 0 Å². The molecule has 5 rings (SSSR count). The van der Waals surface area contributed by atoms with E-state index in [9.17, 15) is 9.90 Å². The van der Waals surface area contributed by atoms with Crippen LogP contribution in [-0.2, 0) is 4.79 Å². The number of hydrogen-bond acceptors (Lipinski definition) is 8. The number of piperidine rings is 1. The maximum atomic E-state index is 12.2. The van der Waals surface area contributed by atoms with Gasteiger partial charge in [-0.15, -0.1) is 0 Å². The summed E-state index contributed by atoms with van der Waals surface area (Å²) >= 11 is 0. The van der Waals surface area contributed by atoms with Gasteiger partial charge >= 0.3 is 0 Å². The Balaban J connectivity index is 1.46. The smallest absolute Gasteiger partial charge is 0.268 e. The van der Waals surface area contributed by atoms with Crippen LogP contribution < -0.4 is 20.3 Å². The molecule has 9 heteroatoms. The van der Waals surface area contributed by atoms with Gasteiger partial charge in [-0.1, -0.05) is 0 Å². The predicted molar refractivity (Wildman–Crippen MR) is 112 cm³/mol. The maximum Gasteiger partial charge on any atom is 0.268 e. The SMILES string of the molecule is CC1(C)Oc2ccc(Nc3nc(N4CCCC(O)C4)c4occc4n3)cc2NC1=O. The van der Waals surface area contributed by atoms with Crippen LogP contribution in [0.5, 0.6) is 5.75 Å². The van der Waals surface area contributed by atoms with Crippen LogP contribution in [0.4, 0.5) is 23.1 Å². The van der Waals surface area contributed by atoms with Crippen molar-refractivity contribution in [2.45, 2.75) is 38.4 Å². The Kier molecular flexibility index (Phi) is 4.28. The molecule has 4 heterocycles. The lowest BCUT2D eigenvalue weighted by Crippen LogP contribution is -2.45. The molecule has 0 spiro atoms. The van der Waals surface area contributed by atoms with E-state index in [1.807, 2.05) is 11.0 Å². The monoisotopic (exact) mass is 409 g/mol. The van der Waals surface area contributed by atoms with Crippen molar-refractivity contribution in [1.82, 2.24) is 9.97 Å². The van der Waals surface area contributed by atoms with Crippen LogP contribution in [0.3, 0.4) is 0 Å². The number of benzene rings is 1. The average Bonchev–Trinajstić information content (AvgIpc) is 3.17. The molecule has 1 saturated heterocycles. The highest BCUT2D eigenvalue weighted by Crippen LogP contribution is 2.36. The number of aliphatic hydroxyl groups excluding tert-OH is 1. The summed E-state index contributed by atoms with van der Waals surface area (Å²) < 4.78 is 11.4. The number of carbonyl (C=O) groups excluding carboxylic acids is 1. The number of fused-ring (bicyclic) bond motifs is 2. The Morgan fingerprint density at radius 3 is 3.00 bits per heavy atom. The summed E-state index contributed by atoms with van der Waals surface area (Å²) in [6.07, 6.45) is 2.87. The van der Waals surface area contributed by atoms with E-state index in [-0.39, 0.29) is 12.0 Å². The third-order valence-corrected chi connectivity index (χ3v) is 5.38. The first-order valence-corrected chi connectivity index (χ1v) is 9.99. The summed E-state index contributed by atoms with van der Waals surface area (Å²) in [7, 11) is 0. The summed E-state index contributed by atoms with van der Waals surface area (Å²) in [5.41, 5.74) is 1.67. The molecular weight excluding hydrogens is 386 g/mol. The number of aliphatic hydroxyl groups is 1. The summed E-state index contributed by atoms with van der Waals surface area (Å²) in [6, 6.07) is 7.22. The minimum atomic E-state index is -0.911. The fourth-order valence-electron chi connectivity index (χ4n) is 3.78. The molecule has 1 aromatic carbocycles. The van der Waals surface area contributed by atoms with Crippen molar-refractivity contribution in [3.63, 3.8) is 0 Å². The Bertz CT molecular complexity index is 1130. The number of nitrogens with one attached hydrogen (secondary N) is 2. The fourth-order valence-corrected chi connectivity index (χ4v) is 3.78. The van der Waals surface area contributed by atoms with Gasteiger partial charge in [-0.3, -0.25) is 4.79 Å².